The highest BCUT2D eigenvalue weighted by Gasteiger charge is 2.14. The first-order valence-electron chi connectivity index (χ1n) is 8.53. The maximum absolute atomic E-state index is 10.6. The van der Waals surface area contributed by atoms with Crippen molar-refractivity contribution in [3.63, 3.8) is 0 Å². The summed E-state index contributed by atoms with van der Waals surface area (Å²) in [7, 11) is 5.89. The quantitative estimate of drug-likeness (QED) is 0.852. The van der Waals surface area contributed by atoms with Crippen molar-refractivity contribution in [1.82, 2.24) is 10.3 Å². The van der Waals surface area contributed by atoms with Crippen LogP contribution in [-0.4, -0.2) is 39.0 Å². The number of carbonyl (C=O) groups excluding carboxylic acids is 1. The van der Waals surface area contributed by atoms with E-state index in [4.69, 9.17) is 0 Å². The molecule has 2 aromatic rings. The third-order valence-electron chi connectivity index (χ3n) is 3.67. The van der Waals surface area contributed by atoms with Crippen molar-refractivity contribution in [3.8, 4) is 11.1 Å². The Morgan fingerprint density at radius 1 is 1.12 bits per heavy atom. The molecule has 1 aromatic heterocycles. The molecule has 130 valence electrons. The first-order chi connectivity index (χ1) is 11.7. The van der Waals surface area contributed by atoms with E-state index in [9.17, 15) is 4.79 Å². The van der Waals surface area contributed by atoms with Crippen LogP contribution in [0.1, 0.15) is 36.3 Å². The van der Waals surface area contributed by atoms with E-state index in [1.165, 1.54) is 23.2 Å². The summed E-state index contributed by atoms with van der Waals surface area (Å²) in [6.07, 6.45) is 4.87. The van der Waals surface area contributed by atoms with Gasteiger partial charge in [-0.05, 0) is 56.3 Å². The zero-order chi connectivity index (χ0) is 17.9. The van der Waals surface area contributed by atoms with E-state index in [0.29, 0.717) is 5.69 Å². The molecule has 0 fully saturated rings. The average molecular weight is 327 g/mol. The van der Waals surface area contributed by atoms with E-state index in [-0.39, 0.29) is 0 Å². The molecular weight excluding hydrogens is 298 g/mol. The lowest BCUT2D eigenvalue weighted by atomic mass is 9.97. The highest BCUT2D eigenvalue weighted by atomic mass is 16.1. The van der Waals surface area contributed by atoms with Gasteiger partial charge in [0.15, 0.2) is 6.29 Å². The van der Waals surface area contributed by atoms with Gasteiger partial charge in [0, 0.05) is 31.0 Å². The molecule has 0 radical (unpaired) electrons. The van der Waals surface area contributed by atoms with Crippen LogP contribution in [0, 0.1) is 0 Å². The third-order valence-corrected chi connectivity index (χ3v) is 3.67. The van der Waals surface area contributed by atoms with Crippen LogP contribution in [0.5, 0.6) is 0 Å². The van der Waals surface area contributed by atoms with Crippen LogP contribution < -0.4 is 10.2 Å². The second-order valence-electron chi connectivity index (χ2n) is 5.46. The van der Waals surface area contributed by atoms with Crippen molar-refractivity contribution < 1.29 is 4.79 Å². The molecule has 4 heteroatoms. The van der Waals surface area contributed by atoms with E-state index in [1.807, 2.05) is 34.0 Å². The minimum atomic E-state index is 0.474. The van der Waals surface area contributed by atoms with Crippen molar-refractivity contribution in [2.75, 3.05) is 32.6 Å². The van der Waals surface area contributed by atoms with E-state index in [1.54, 1.807) is 12.3 Å². The van der Waals surface area contributed by atoms with Crippen LogP contribution in [0.3, 0.4) is 0 Å². The maximum atomic E-state index is 10.6. The van der Waals surface area contributed by atoms with E-state index >= 15 is 0 Å². The Bertz CT molecular complexity index is 623. The summed E-state index contributed by atoms with van der Waals surface area (Å²) in [6, 6.07) is 10.2. The minimum Gasteiger partial charge on any atom is -0.374 e. The number of rotatable bonds is 2. The fourth-order valence-electron chi connectivity index (χ4n) is 2.61. The number of pyridine rings is 1. The number of aromatic nitrogens is 1. The van der Waals surface area contributed by atoms with Gasteiger partial charge < -0.3 is 10.2 Å². The molecule has 1 aliphatic rings. The minimum absolute atomic E-state index is 0.474. The largest absolute Gasteiger partial charge is 0.374 e. The first-order valence-corrected chi connectivity index (χ1v) is 8.53. The normalized spacial score (nSPS) is 12.1. The fraction of sp³-hybridized carbons (Fsp3) is 0.400. The molecule has 0 saturated carbocycles. The zero-order valence-electron chi connectivity index (χ0n) is 15.5. The molecule has 0 bridgehead atoms. The summed E-state index contributed by atoms with van der Waals surface area (Å²) in [5, 5.41) is 2.75. The van der Waals surface area contributed by atoms with Crippen LogP contribution in [0.2, 0.25) is 0 Å². The van der Waals surface area contributed by atoms with Crippen LogP contribution in [0.15, 0.2) is 36.5 Å². The maximum Gasteiger partial charge on any atom is 0.168 e. The summed E-state index contributed by atoms with van der Waals surface area (Å²) < 4.78 is 0. The van der Waals surface area contributed by atoms with E-state index in [2.05, 4.69) is 40.4 Å². The standard InChI is InChI=1S/C16H16N2O.C2H7N.C2H6/c1-18-8-2-3-13-9-12(5-7-16(13)18)14-4-6-15(11-19)17-10-14;1-3-2;1-2/h4-7,9-11H,2-3,8H2,1H3;3H,1-2H3;1-2H3. The number of benzene rings is 1. The number of fused-ring (bicyclic) bond motifs is 1. The van der Waals surface area contributed by atoms with Gasteiger partial charge in [0.1, 0.15) is 5.69 Å². The van der Waals surface area contributed by atoms with Crippen molar-refractivity contribution in [2.24, 2.45) is 0 Å². The topological polar surface area (TPSA) is 45.2 Å². The van der Waals surface area contributed by atoms with Gasteiger partial charge in [0.25, 0.3) is 0 Å². The third kappa shape index (κ3) is 5.17. The zero-order valence-corrected chi connectivity index (χ0v) is 15.5. The molecule has 24 heavy (non-hydrogen) atoms. The Hall–Kier alpha value is -2.20. The van der Waals surface area contributed by atoms with Crippen molar-refractivity contribution in [3.05, 3.63) is 47.8 Å². The Morgan fingerprint density at radius 3 is 2.38 bits per heavy atom. The second-order valence-corrected chi connectivity index (χ2v) is 5.46. The van der Waals surface area contributed by atoms with Gasteiger partial charge in [0.05, 0.1) is 0 Å². The molecule has 3 rings (SSSR count). The lowest BCUT2D eigenvalue weighted by Gasteiger charge is -2.27. The molecule has 1 aromatic carbocycles. The number of anilines is 1. The van der Waals surface area contributed by atoms with Gasteiger partial charge in [-0.1, -0.05) is 26.0 Å². The van der Waals surface area contributed by atoms with E-state index < -0.39 is 0 Å². The SMILES string of the molecule is CC.CN1CCCc2cc(-c3ccc(C=O)nc3)ccc21.CNC. The second kappa shape index (κ2) is 10.6. The molecular formula is C20H29N3O. The number of nitrogens with one attached hydrogen (secondary N) is 1. The van der Waals surface area contributed by atoms with Crippen LogP contribution in [0.4, 0.5) is 5.69 Å². The number of nitrogens with zero attached hydrogens (tertiary/aromatic N) is 2. The van der Waals surface area contributed by atoms with Gasteiger partial charge >= 0.3 is 0 Å². The van der Waals surface area contributed by atoms with Crippen molar-refractivity contribution in [1.29, 1.82) is 0 Å². The smallest absolute Gasteiger partial charge is 0.168 e. The summed E-state index contributed by atoms with van der Waals surface area (Å²) in [5.41, 5.74) is 5.42. The average Bonchev–Trinajstić information content (AvgIpc) is 2.64. The fourth-order valence-corrected chi connectivity index (χ4v) is 2.61. The summed E-state index contributed by atoms with van der Waals surface area (Å²) in [5.74, 6) is 0. The summed E-state index contributed by atoms with van der Waals surface area (Å²) in [6.45, 7) is 5.13. The lowest BCUT2D eigenvalue weighted by Crippen LogP contribution is -2.24. The van der Waals surface area contributed by atoms with Crippen LogP contribution in [-0.2, 0) is 6.42 Å². The molecule has 4 nitrogen and oxygen atoms in total. The molecule has 0 saturated heterocycles. The van der Waals surface area contributed by atoms with Gasteiger partial charge in [0.2, 0.25) is 0 Å². The predicted molar refractivity (Wildman–Crippen MR) is 103 cm³/mol. The van der Waals surface area contributed by atoms with Gasteiger partial charge in [-0.15, -0.1) is 0 Å². The molecule has 0 spiro atoms. The van der Waals surface area contributed by atoms with Crippen molar-refractivity contribution in [2.45, 2.75) is 26.7 Å². The Morgan fingerprint density at radius 2 is 1.79 bits per heavy atom. The Kier molecular flexibility index (Phi) is 8.72. The van der Waals surface area contributed by atoms with Gasteiger partial charge in [-0.25, -0.2) is 0 Å². The number of carbonyl (C=O) groups is 1. The van der Waals surface area contributed by atoms with E-state index in [0.717, 1.165) is 24.8 Å². The number of hydrogen-bond acceptors (Lipinski definition) is 4. The van der Waals surface area contributed by atoms with Crippen LogP contribution >= 0.6 is 0 Å². The highest BCUT2D eigenvalue weighted by Crippen LogP contribution is 2.30. The van der Waals surface area contributed by atoms with Gasteiger partial charge in [-0.3, -0.25) is 9.78 Å². The summed E-state index contributed by atoms with van der Waals surface area (Å²) in [4.78, 5) is 17.0. The predicted octanol–water partition coefficient (Wildman–Crippen LogP) is 3.81. The Balaban J connectivity index is 0.000000521. The first kappa shape index (κ1) is 19.8. The number of hydrogen-bond donors (Lipinski definition) is 1. The monoisotopic (exact) mass is 327 g/mol. The number of aldehydes is 1. The molecule has 0 atom stereocenters. The molecule has 0 aliphatic carbocycles. The van der Waals surface area contributed by atoms with Crippen LogP contribution in [0.25, 0.3) is 11.1 Å². The molecule has 1 N–H and O–H groups in total. The highest BCUT2D eigenvalue weighted by molar-refractivity contribution is 5.74. The van der Waals surface area contributed by atoms with Gasteiger partial charge in [-0.2, -0.15) is 0 Å². The number of aryl methyl sites for hydroxylation is 1. The molecule has 2 heterocycles. The molecule has 0 amide bonds. The Labute approximate surface area is 145 Å². The lowest BCUT2D eigenvalue weighted by molar-refractivity contribution is 0.111. The summed E-state index contributed by atoms with van der Waals surface area (Å²) >= 11 is 0. The molecule has 0 unspecified atom stereocenters. The van der Waals surface area contributed by atoms with Crippen molar-refractivity contribution >= 4 is 12.0 Å². The molecule has 1 aliphatic heterocycles.